The first kappa shape index (κ1) is 15.2. The van der Waals surface area contributed by atoms with Crippen molar-refractivity contribution in [2.75, 3.05) is 6.61 Å². The van der Waals surface area contributed by atoms with Gasteiger partial charge in [-0.1, -0.05) is 31.4 Å². The maximum atomic E-state index is 12.6. The molecule has 1 heterocycles. The Bertz CT molecular complexity index is 553. The average Bonchev–Trinajstić information content (AvgIpc) is 2.79. The molecule has 0 N–H and O–H groups in total. The Morgan fingerprint density at radius 1 is 1.05 bits per heavy atom. The molecule has 0 saturated heterocycles. The van der Waals surface area contributed by atoms with Crippen LogP contribution < -0.4 is 0 Å². The average molecular weight is 301 g/mol. The van der Waals surface area contributed by atoms with Crippen molar-refractivity contribution in [2.45, 2.75) is 57.6 Å². The number of amides is 2. The molecule has 1 aromatic rings. The molecule has 0 unspecified atom stereocenters. The fourth-order valence-corrected chi connectivity index (χ4v) is 3.36. The number of fused-ring (bicyclic) bond motifs is 1. The van der Waals surface area contributed by atoms with Gasteiger partial charge in [-0.25, -0.2) is 0 Å². The van der Waals surface area contributed by atoms with E-state index in [1.807, 2.05) is 13.8 Å². The van der Waals surface area contributed by atoms with Gasteiger partial charge in [0.05, 0.1) is 29.4 Å². The maximum absolute atomic E-state index is 12.6. The Labute approximate surface area is 131 Å². The third-order valence-electron chi connectivity index (χ3n) is 4.62. The monoisotopic (exact) mass is 301 g/mol. The lowest BCUT2D eigenvalue weighted by atomic mass is 9.97. The first-order valence-electron chi connectivity index (χ1n) is 8.10. The Morgan fingerprint density at radius 2 is 1.59 bits per heavy atom. The minimum absolute atomic E-state index is 0.210. The van der Waals surface area contributed by atoms with Crippen molar-refractivity contribution in [3.05, 3.63) is 35.4 Å². The highest BCUT2D eigenvalue weighted by molar-refractivity contribution is 6.21. The molecular formula is C18H23NO3. The van der Waals surface area contributed by atoms with Gasteiger partial charge in [-0.2, -0.15) is 0 Å². The minimum Gasteiger partial charge on any atom is -0.376 e. The largest absolute Gasteiger partial charge is 0.376 e. The van der Waals surface area contributed by atoms with Crippen LogP contribution in [0, 0.1) is 0 Å². The van der Waals surface area contributed by atoms with Gasteiger partial charge in [-0.3, -0.25) is 14.5 Å². The van der Waals surface area contributed by atoms with Gasteiger partial charge in [-0.15, -0.1) is 0 Å². The molecule has 118 valence electrons. The highest BCUT2D eigenvalue weighted by Gasteiger charge is 2.44. The van der Waals surface area contributed by atoms with E-state index < -0.39 is 5.54 Å². The summed E-state index contributed by atoms with van der Waals surface area (Å²) in [5.41, 5.74) is 0.362. The van der Waals surface area contributed by atoms with E-state index in [9.17, 15) is 9.59 Å². The first-order valence-corrected chi connectivity index (χ1v) is 8.10. The molecule has 2 aliphatic rings. The summed E-state index contributed by atoms with van der Waals surface area (Å²) in [5.74, 6) is -0.421. The summed E-state index contributed by atoms with van der Waals surface area (Å²) in [4.78, 5) is 26.5. The number of hydrogen-bond donors (Lipinski definition) is 0. The van der Waals surface area contributed by atoms with Crippen LogP contribution >= 0.6 is 0 Å². The van der Waals surface area contributed by atoms with E-state index in [-0.39, 0.29) is 17.9 Å². The zero-order valence-electron chi connectivity index (χ0n) is 13.3. The molecular weight excluding hydrogens is 278 g/mol. The van der Waals surface area contributed by atoms with Gasteiger partial charge in [0, 0.05) is 0 Å². The van der Waals surface area contributed by atoms with Crippen molar-refractivity contribution in [3.8, 4) is 0 Å². The van der Waals surface area contributed by atoms with Crippen LogP contribution in [-0.2, 0) is 4.74 Å². The predicted octanol–water partition coefficient (Wildman–Crippen LogP) is 3.41. The molecule has 0 aromatic heterocycles. The molecule has 4 heteroatoms. The van der Waals surface area contributed by atoms with Gasteiger partial charge in [0.15, 0.2) is 0 Å². The number of benzene rings is 1. The van der Waals surface area contributed by atoms with Crippen LogP contribution in [-0.4, -0.2) is 35.0 Å². The second-order valence-corrected chi connectivity index (χ2v) is 6.87. The van der Waals surface area contributed by atoms with Crippen LogP contribution in [0.5, 0.6) is 0 Å². The molecule has 0 spiro atoms. The van der Waals surface area contributed by atoms with E-state index >= 15 is 0 Å². The van der Waals surface area contributed by atoms with Crippen molar-refractivity contribution in [1.82, 2.24) is 4.90 Å². The molecule has 4 nitrogen and oxygen atoms in total. The normalized spacial score (nSPS) is 19.6. The minimum atomic E-state index is -0.634. The number of ether oxygens (including phenoxy) is 1. The molecule has 1 aliphatic heterocycles. The van der Waals surface area contributed by atoms with Crippen molar-refractivity contribution in [3.63, 3.8) is 0 Å². The summed E-state index contributed by atoms with van der Waals surface area (Å²) in [6.07, 6.45) is 6.12. The number of carbonyl (C=O) groups excluding carboxylic acids is 2. The summed E-state index contributed by atoms with van der Waals surface area (Å²) >= 11 is 0. The molecule has 1 aromatic carbocycles. The van der Waals surface area contributed by atoms with Crippen LogP contribution in [0.2, 0.25) is 0 Å². The Hall–Kier alpha value is -1.68. The number of hydrogen-bond acceptors (Lipinski definition) is 3. The van der Waals surface area contributed by atoms with Crippen LogP contribution in [0.25, 0.3) is 0 Å². The molecule has 1 fully saturated rings. The summed E-state index contributed by atoms with van der Waals surface area (Å²) in [6.45, 7) is 4.19. The Morgan fingerprint density at radius 3 is 2.14 bits per heavy atom. The molecule has 3 rings (SSSR count). The molecule has 22 heavy (non-hydrogen) atoms. The van der Waals surface area contributed by atoms with E-state index in [1.165, 1.54) is 24.2 Å². The third-order valence-corrected chi connectivity index (χ3v) is 4.62. The summed E-state index contributed by atoms with van der Waals surface area (Å²) in [6, 6.07) is 7.01. The molecule has 0 bridgehead atoms. The van der Waals surface area contributed by atoms with Crippen LogP contribution in [0.1, 0.15) is 66.7 Å². The number of imide groups is 1. The fourth-order valence-electron chi connectivity index (χ4n) is 3.36. The van der Waals surface area contributed by atoms with Gasteiger partial charge in [0.1, 0.15) is 0 Å². The topological polar surface area (TPSA) is 46.6 Å². The molecule has 2 amide bonds. The van der Waals surface area contributed by atoms with Crippen LogP contribution in [0.4, 0.5) is 0 Å². The highest BCUT2D eigenvalue weighted by atomic mass is 16.5. The van der Waals surface area contributed by atoms with Gasteiger partial charge < -0.3 is 4.74 Å². The van der Waals surface area contributed by atoms with E-state index in [1.54, 1.807) is 24.3 Å². The Balaban J connectivity index is 1.72. The zero-order chi connectivity index (χ0) is 15.7. The second-order valence-electron chi connectivity index (χ2n) is 6.87. The Kier molecular flexibility index (Phi) is 4.04. The van der Waals surface area contributed by atoms with Gasteiger partial charge in [0.25, 0.3) is 11.8 Å². The van der Waals surface area contributed by atoms with E-state index in [4.69, 9.17) is 4.74 Å². The van der Waals surface area contributed by atoms with Crippen molar-refractivity contribution in [2.24, 2.45) is 0 Å². The SMILES string of the molecule is CC(C)(COC1CCCCC1)N1C(=O)c2ccccc2C1=O. The summed E-state index contributed by atoms with van der Waals surface area (Å²) in [5, 5.41) is 0. The molecule has 1 aliphatic carbocycles. The van der Waals surface area contributed by atoms with Gasteiger partial charge >= 0.3 is 0 Å². The lowest BCUT2D eigenvalue weighted by molar-refractivity contribution is -0.0260. The number of nitrogens with zero attached hydrogens (tertiary/aromatic N) is 1. The molecule has 0 radical (unpaired) electrons. The summed E-state index contributed by atoms with van der Waals surface area (Å²) in [7, 11) is 0. The smallest absolute Gasteiger partial charge is 0.262 e. The third kappa shape index (κ3) is 2.68. The van der Waals surface area contributed by atoms with Crippen LogP contribution in [0.3, 0.4) is 0 Å². The van der Waals surface area contributed by atoms with E-state index in [0.29, 0.717) is 17.7 Å². The molecule has 1 saturated carbocycles. The second kappa shape index (κ2) is 5.84. The lowest BCUT2D eigenvalue weighted by Gasteiger charge is -2.35. The van der Waals surface area contributed by atoms with E-state index in [0.717, 1.165) is 12.8 Å². The standard InChI is InChI=1S/C18H23NO3/c1-18(2,12-22-13-8-4-3-5-9-13)19-16(20)14-10-6-7-11-15(14)17(19)21/h6-7,10-11,13H,3-5,8-9,12H2,1-2H3. The highest BCUT2D eigenvalue weighted by Crippen LogP contribution is 2.30. The summed E-state index contributed by atoms with van der Waals surface area (Å²) < 4.78 is 6.01. The zero-order valence-corrected chi connectivity index (χ0v) is 13.3. The quantitative estimate of drug-likeness (QED) is 0.801. The maximum Gasteiger partial charge on any atom is 0.262 e. The van der Waals surface area contributed by atoms with Crippen molar-refractivity contribution < 1.29 is 14.3 Å². The number of rotatable bonds is 4. The predicted molar refractivity (Wildman–Crippen MR) is 83.8 cm³/mol. The fraction of sp³-hybridized carbons (Fsp3) is 0.556. The van der Waals surface area contributed by atoms with Gasteiger partial charge in [-0.05, 0) is 38.8 Å². The first-order chi connectivity index (χ1) is 10.5. The number of carbonyl (C=O) groups is 2. The van der Waals surface area contributed by atoms with Gasteiger partial charge in [0.2, 0.25) is 0 Å². The van der Waals surface area contributed by atoms with Crippen molar-refractivity contribution in [1.29, 1.82) is 0 Å². The molecule has 0 atom stereocenters. The van der Waals surface area contributed by atoms with E-state index in [2.05, 4.69) is 0 Å². The van der Waals surface area contributed by atoms with Crippen LogP contribution in [0.15, 0.2) is 24.3 Å². The lowest BCUT2D eigenvalue weighted by Crippen LogP contribution is -2.51. The van der Waals surface area contributed by atoms with Crippen molar-refractivity contribution >= 4 is 11.8 Å².